The number of benzene rings is 2. The number of amides is 1. The van der Waals surface area contributed by atoms with Crippen LogP contribution in [-0.2, 0) is 17.4 Å². The zero-order valence-corrected chi connectivity index (χ0v) is 17.9. The summed E-state index contributed by atoms with van der Waals surface area (Å²) in [4.78, 5) is 20.0. The lowest BCUT2D eigenvalue weighted by Crippen LogP contribution is -2.14. The van der Waals surface area contributed by atoms with Gasteiger partial charge in [0.1, 0.15) is 0 Å². The topological polar surface area (TPSA) is 84.2 Å². The monoisotopic (exact) mass is 454 g/mol. The molecular formula is C23H21F3N6O. The summed E-state index contributed by atoms with van der Waals surface area (Å²) in [6, 6.07) is 17.0. The Hall–Kier alpha value is -3.95. The highest BCUT2D eigenvalue weighted by Gasteiger charge is 2.36. The number of alkyl halides is 3. The van der Waals surface area contributed by atoms with Crippen molar-refractivity contribution in [2.75, 3.05) is 10.6 Å². The minimum Gasteiger partial charge on any atom is -0.356 e. The molecule has 0 aliphatic carbocycles. The van der Waals surface area contributed by atoms with Gasteiger partial charge in [0.2, 0.25) is 5.91 Å². The molecule has 2 aromatic carbocycles. The Morgan fingerprint density at radius 1 is 0.939 bits per heavy atom. The van der Waals surface area contributed by atoms with Gasteiger partial charge in [-0.25, -0.2) is 9.50 Å². The highest BCUT2D eigenvalue weighted by molar-refractivity contribution is 5.91. The molecule has 2 N–H and O–H groups in total. The van der Waals surface area contributed by atoms with Crippen LogP contribution < -0.4 is 10.6 Å². The first-order valence-corrected chi connectivity index (χ1v) is 10.2. The molecule has 4 rings (SSSR count). The predicted octanol–water partition coefficient (Wildman–Crippen LogP) is 5.07. The Morgan fingerprint density at radius 2 is 1.58 bits per heavy atom. The lowest BCUT2D eigenvalue weighted by Gasteiger charge is -2.11. The van der Waals surface area contributed by atoms with E-state index < -0.39 is 12.0 Å². The number of carbonyl (C=O) groups is 1. The van der Waals surface area contributed by atoms with Crippen molar-refractivity contribution in [2.45, 2.75) is 32.9 Å². The molecule has 0 atom stereocenters. The molecule has 4 aromatic rings. The van der Waals surface area contributed by atoms with Gasteiger partial charge >= 0.3 is 6.18 Å². The number of hydrogen-bond acceptors (Lipinski definition) is 5. The van der Waals surface area contributed by atoms with Crippen molar-refractivity contribution < 1.29 is 18.0 Å². The van der Waals surface area contributed by atoms with E-state index in [9.17, 15) is 18.0 Å². The average molecular weight is 454 g/mol. The number of para-hydroxylation sites is 1. The zero-order valence-electron chi connectivity index (χ0n) is 17.9. The first-order chi connectivity index (χ1) is 15.7. The summed E-state index contributed by atoms with van der Waals surface area (Å²) in [7, 11) is 0. The molecule has 1 amide bonds. The zero-order chi connectivity index (χ0) is 23.6. The number of hydrogen-bond donors (Lipinski definition) is 2. The molecule has 2 heterocycles. The number of anilines is 3. The number of carbonyl (C=O) groups excluding carboxylic acids is 1. The third-order valence-corrected chi connectivity index (χ3v) is 5.14. The van der Waals surface area contributed by atoms with Crippen LogP contribution in [0.15, 0.2) is 54.6 Å². The largest absolute Gasteiger partial charge is 0.453 e. The second-order valence-corrected chi connectivity index (χ2v) is 7.52. The van der Waals surface area contributed by atoms with Crippen molar-refractivity contribution in [1.29, 1.82) is 0 Å². The van der Waals surface area contributed by atoms with Crippen LogP contribution in [0.2, 0.25) is 0 Å². The fourth-order valence-corrected chi connectivity index (χ4v) is 3.48. The van der Waals surface area contributed by atoms with Gasteiger partial charge in [0.15, 0.2) is 0 Å². The third-order valence-electron chi connectivity index (χ3n) is 5.14. The number of halogens is 3. The molecule has 0 spiro atoms. The normalized spacial score (nSPS) is 11.5. The van der Waals surface area contributed by atoms with Crippen LogP contribution in [0, 0.1) is 13.8 Å². The maximum atomic E-state index is 12.9. The molecule has 0 radical (unpaired) electrons. The van der Waals surface area contributed by atoms with Gasteiger partial charge < -0.3 is 10.6 Å². The Bertz CT molecular complexity index is 1280. The summed E-state index contributed by atoms with van der Waals surface area (Å²) >= 11 is 0. The quantitative estimate of drug-likeness (QED) is 0.425. The van der Waals surface area contributed by atoms with E-state index in [1.165, 1.54) is 0 Å². The average Bonchev–Trinajstić information content (AvgIpc) is 3.20. The van der Waals surface area contributed by atoms with Crippen LogP contribution >= 0.6 is 0 Å². The minimum atomic E-state index is -4.65. The van der Waals surface area contributed by atoms with Crippen molar-refractivity contribution in [1.82, 2.24) is 19.6 Å². The van der Waals surface area contributed by atoms with E-state index >= 15 is 0 Å². The van der Waals surface area contributed by atoms with Crippen LogP contribution in [0.3, 0.4) is 0 Å². The van der Waals surface area contributed by atoms with Crippen LogP contribution in [0.5, 0.6) is 0 Å². The summed E-state index contributed by atoms with van der Waals surface area (Å²) in [6.45, 7) is 3.32. The molecular weight excluding hydrogens is 433 g/mol. The van der Waals surface area contributed by atoms with Crippen LogP contribution in [0.1, 0.15) is 29.2 Å². The number of aromatic nitrogens is 4. The first-order valence-electron chi connectivity index (χ1n) is 10.2. The van der Waals surface area contributed by atoms with Crippen molar-refractivity contribution in [2.24, 2.45) is 0 Å². The molecule has 33 heavy (non-hydrogen) atoms. The smallest absolute Gasteiger partial charge is 0.356 e. The molecule has 10 heteroatoms. The molecule has 7 nitrogen and oxygen atoms in total. The maximum absolute atomic E-state index is 12.9. The van der Waals surface area contributed by atoms with E-state index in [0.29, 0.717) is 29.1 Å². The number of nitrogens with zero attached hydrogens (tertiary/aromatic N) is 4. The van der Waals surface area contributed by atoms with E-state index in [1.54, 1.807) is 26.0 Å². The molecule has 0 unspecified atom stereocenters. The molecule has 0 aliphatic rings. The summed E-state index contributed by atoms with van der Waals surface area (Å²) < 4.78 is 39.9. The van der Waals surface area contributed by atoms with Gasteiger partial charge in [-0.15, -0.1) is 5.10 Å². The van der Waals surface area contributed by atoms with E-state index in [1.807, 2.05) is 42.5 Å². The van der Waals surface area contributed by atoms with Gasteiger partial charge in [0.25, 0.3) is 11.6 Å². The molecule has 0 saturated heterocycles. The SMILES string of the molecule is Cc1nc2nc(C(F)(F)F)nn2c(C)c1CCC(=O)Nc1ccc(Nc2ccccc2)cc1. The Balaban J connectivity index is 1.40. The standard InChI is InChI=1S/C23H21F3N6O/c1-14-19(15(2)32-22(27-14)30-21(31-32)23(24,25)26)12-13-20(33)29-18-10-8-17(9-11-18)28-16-6-4-3-5-7-16/h3-11,28H,12-13H2,1-2H3,(H,29,33). The Kier molecular flexibility index (Phi) is 5.99. The fourth-order valence-electron chi connectivity index (χ4n) is 3.48. The van der Waals surface area contributed by atoms with Crippen molar-refractivity contribution in [3.8, 4) is 0 Å². The van der Waals surface area contributed by atoms with Crippen LogP contribution in [-0.4, -0.2) is 25.5 Å². The van der Waals surface area contributed by atoms with E-state index in [4.69, 9.17) is 0 Å². The first kappa shape index (κ1) is 22.3. The van der Waals surface area contributed by atoms with Crippen molar-refractivity contribution in [3.05, 3.63) is 77.4 Å². The number of fused-ring (bicyclic) bond motifs is 1. The van der Waals surface area contributed by atoms with E-state index in [0.717, 1.165) is 15.9 Å². The third kappa shape index (κ3) is 5.11. The van der Waals surface area contributed by atoms with Gasteiger partial charge in [0, 0.05) is 34.9 Å². The predicted molar refractivity (Wildman–Crippen MR) is 118 cm³/mol. The number of nitrogens with one attached hydrogen (secondary N) is 2. The number of aryl methyl sites for hydroxylation is 2. The molecule has 2 aromatic heterocycles. The highest BCUT2D eigenvalue weighted by Crippen LogP contribution is 2.27. The molecule has 0 bridgehead atoms. The lowest BCUT2D eigenvalue weighted by atomic mass is 10.1. The van der Waals surface area contributed by atoms with Crippen molar-refractivity contribution in [3.63, 3.8) is 0 Å². The Morgan fingerprint density at radius 3 is 2.24 bits per heavy atom. The van der Waals surface area contributed by atoms with Gasteiger partial charge in [-0.05, 0) is 62.2 Å². The second kappa shape index (κ2) is 8.89. The molecule has 170 valence electrons. The van der Waals surface area contributed by atoms with E-state index in [2.05, 4.69) is 25.7 Å². The molecule has 0 fully saturated rings. The van der Waals surface area contributed by atoms with Gasteiger partial charge in [0.05, 0.1) is 0 Å². The highest BCUT2D eigenvalue weighted by atomic mass is 19.4. The lowest BCUT2D eigenvalue weighted by molar-refractivity contribution is -0.144. The minimum absolute atomic E-state index is 0.116. The van der Waals surface area contributed by atoms with E-state index in [-0.39, 0.29) is 18.1 Å². The van der Waals surface area contributed by atoms with Gasteiger partial charge in [-0.2, -0.15) is 18.2 Å². The molecule has 0 aliphatic heterocycles. The second-order valence-electron chi connectivity index (χ2n) is 7.52. The van der Waals surface area contributed by atoms with Crippen LogP contribution in [0.4, 0.5) is 30.2 Å². The summed E-state index contributed by atoms with van der Waals surface area (Å²) in [5.41, 5.74) is 4.15. The van der Waals surface area contributed by atoms with Gasteiger partial charge in [-0.3, -0.25) is 4.79 Å². The summed E-state index contributed by atoms with van der Waals surface area (Å²) in [5, 5.41) is 9.63. The van der Waals surface area contributed by atoms with Crippen molar-refractivity contribution >= 4 is 28.7 Å². The maximum Gasteiger partial charge on any atom is 0.453 e. The summed E-state index contributed by atoms with van der Waals surface area (Å²) in [5.74, 6) is -1.57. The summed E-state index contributed by atoms with van der Waals surface area (Å²) in [6.07, 6.45) is -4.21. The fraction of sp³-hybridized carbons (Fsp3) is 0.217. The Labute approximate surface area is 187 Å². The number of rotatable bonds is 6. The van der Waals surface area contributed by atoms with Gasteiger partial charge in [-0.1, -0.05) is 18.2 Å². The van der Waals surface area contributed by atoms with Crippen LogP contribution in [0.25, 0.3) is 5.78 Å². The molecule has 0 saturated carbocycles.